The van der Waals surface area contributed by atoms with Crippen molar-refractivity contribution in [2.24, 2.45) is 0 Å². The van der Waals surface area contributed by atoms with Gasteiger partial charge in [-0.05, 0) is 12.8 Å². The maximum absolute atomic E-state index is 12.8. The van der Waals surface area contributed by atoms with Crippen LogP contribution >= 0.6 is 0 Å². The van der Waals surface area contributed by atoms with E-state index in [1.54, 1.807) is 5.32 Å². The lowest BCUT2D eigenvalue weighted by atomic mass is 9.97. The summed E-state index contributed by atoms with van der Waals surface area (Å²) < 4.78 is 74.9. The van der Waals surface area contributed by atoms with Crippen LogP contribution in [0.3, 0.4) is 0 Å². The highest BCUT2D eigenvalue weighted by molar-refractivity contribution is 5.82. The van der Waals surface area contributed by atoms with Crippen LogP contribution in [0.1, 0.15) is 19.3 Å². The van der Waals surface area contributed by atoms with Crippen LogP contribution in [-0.2, 0) is 9.59 Å². The Morgan fingerprint density at radius 3 is 2.23 bits per heavy atom. The normalized spacial score (nSPS) is 22.9. The van der Waals surface area contributed by atoms with Gasteiger partial charge in [0.2, 0.25) is 5.91 Å². The molecule has 0 aliphatic carbocycles. The maximum Gasteiger partial charge on any atom is 0.471 e. The van der Waals surface area contributed by atoms with Gasteiger partial charge in [-0.15, -0.1) is 0 Å². The van der Waals surface area contributed by atoms with Crippen molar-refractivity contribution in [1.82, 2.24) is 10.2 Å². The fraction of sp³-hybridized carbons (Fsp3) is 0.727. The van der Waals surface area contributed by atoms with Gasteiger partial charge in [-0.25, -0.2) is 0 Å². The first-order valence-electron chi connectivity index (χ1n) is 6.07. The number of nitriles is 1. The van der Waals surface area contributed by atoms with Crippen LogP contribution in [-0.4, -0.2) is 47.7 Å². The number of amides is 2. The predicted octanol–water partition coefficient (Wildman–Crippen LogP) is 1.50. The Kier molecular flexibility index (Phi) is 5.26. The maximum atomic E-state index is 12.8. The lowest BCUT2D eigenvalue weighted by Gasteiger charge is -2.40. The first-order valence-corrected chi connectivity index (χ1v) is 6.07. The molecule has 1 rings (SSSR count). The Morgan fingerprint density at radius 2 is 1.77 bits per heavy atom. The molecular weight excluding hydrogens is 320 g/mol. The SMILES string of the molecule is N#CCC(=O)N1C[C@@H](NC(=O)C(F)(F)F)CC[C@@H]1C(F)(F)F. The lowest BCUT2D eigenvalue weighted by molar-refractivity contribution is -0.198. The molecule has 1 N–H and O–H groups in total. The Hall–Kier alpha value is -1.99. The fourth-order valence-electron chi connectivity index (χ4n) is 2.14. The molecule has 11 heteroatoms. The van der Waals surface area contributed by atoms with Crippen LogP contribution < -0.4 is 5.32 Å². The number of likely N-dealkylation sites (tertiary alicyclic amines) is 1. The van der Waals surface area contributed by atoms with Gasteiger partial charge in [0.15, 0.2) is 0 Å². The average Bonchev–Trinajstić information content (AvgIpc) is 2.36. The van der Waals surface area contributed by atoms with Crippen molar-refractivity contribution in [3.05, 3.63) is 0 Å². The monoisotopic (exact) mass is 331 g/mol. The second kappa shape index (κ2) is 6.41. The molecule has 1 aliphatic rings. The summed E-state index contributed by atoms with van der Waals surface area (Å²) in [4.78, 5) is 22.7. The zero-order valence-corrected chi connectivity index (χ0v) is 11.0. The Labute approximate surface area is 120 Å². The molecule has 0 saturated carbocycles. The van der Waals surface area contributed by atoms with E-state index in [1.807, 2.05) is 0 Å². The van der Waals surface area contributed by atoms with E-state index in [0.717, 1.165) is 0 Å². The van der Waals surface area contributed by atoms with E-state index in [2.05, 4.69) is 0 Å². The molecule has 0 radical (unpaired) electrons. The molecule has 0 unspecified atom stereocenters. The van der Waals surface area contributed by atoms with E-state index in [4.69, 9.17) is 5.26 Å². The predicted molar refractivity (Wildman–Crippen MR) is 59.0 cm³/mol. The van der Waals surface area contributed by atoms with Crippen LogP contribution in [0.4, 0.5) is 26.3 Å². The molecule has 2 amide bonds. The minimum atomic E-state index is -5.16. The number of hydrogen-bond acceptors (Lipinski definition) is 3. The highest BCUT2D eigenvalue weighted by Gasteiger charge is 2.49. The molecule has 1 saturated heterocycles. The minimum absolute atomic E-state index is 0.300. The van der Waals surface area contributed by atoms with Gasteiger partial charge >= 0.3 is 18.3 Å². The van der Waals surface area contributed by atoms with E-state index < -0.39 is 55.6 Å². The van der Waals surface area contributed by atoms with Gasteiger partial charge in [-0.3, -0.25) is 9.59 Å². The van der Waals surface area contributed by atoms with Crippen molar-refractivity contribution in [1.29, 1.82) is 5.26 Å². The molecule has 0 bridgehead atoms. The summed E-state index contributed by atoms with van der Waals surface area (Å²) in [5.41, 5.74) is 0. The van der Waals surface area contributed by atoms with Gasteiger partial charge in [0.05, 0.1) is 6.07 Å². The molecule has 2 atom stereocenters. The number of nitrogens with one attached hydrogen (secondary N) is 1. The van der Waals surface area contributed by atoms with E-state index in [-0.39, 0.29) is 6.42 Å². The number of hydrogen-bond donors (Lipinski definition) is 1. The summed E-state index contributed by atoms with van der Waals surface area (Å²) in [6.45, 7) is -0.730. The van der Waals surface area contributed by atoms with E-state index in [9.17, 15) is 35.9 Å². The van der Waals surface area contributed by atoms with Crippen molar-refractivity contribution in [2.45, 2.75) is 43.7 Å². The third-order valence-corrected chi connectivity index (χ3v) is 3.10. The van der Waals surface area contributed by atoms with E-state index >= 15 is 0 Å². The highest BCUT2D eigenvalue weighted by Crippen LogP contribution is 2.32. The molecular formula is C11H11F6N3O2. The summed E-state index contributed by atoms with van der Waals surface area (Å²) in [6, 6.07) is -2.04. The fourth-order valence-corrected chi connectivity index (χ4v) is 2.14. The van der Waals surface area contributed by atoms with Crippen molar-refractivity contribution < 1.29 is 35.9 Å². The molecule has 0 aromatic rings. The zero-order valence-electron chi connectivity index (χ0n) is 11.0. The largest absolute Gasteiger partial charge is 0.471 e. The molecule has 0 aromatic carbocycles. The smallest absolute Gasteiger partial charge is 0.344 e. The first kappa shape index (κ1) is 18.1. The number of piperidine rings is 1. The van der Waals surface area contributed by atoms with Gasteiger partial charge in [-0.2, -0.15) is 31.6 Å². The van der Waals surface area contributed by atoms with Crippen molar-refractivity contribution in [2.75, 3.05) is 6.54 Å². The number of rotatable bonds is 2. The van der Waals surface area contributed by atoms with Crippen LogP contribution in [0, 0.1) is 11.3 Å². The second-order valence-electron chi connectivity index (χ2n) is 4.68. The van der Waals surface area contributed by atoms with Gasteiger partial charge in [-0.1, -0.05) is 0 Å². The number of alkyl halides is 6. The molecule has 5 nitrogen and oxygen atoms in total. The standard InChI is InChI=1S/C11H11F6N3O2/c12-10(13,14)7-2-1-6(19-9(22)11(15,16)17)5-20(7)8(21)3-4-18/h6-7H,1-3,5H2,(H,19,22)/t6-,7+/m0/s1. The van der Waals surface area contributed by atoms with Crippen LogP contribution in [0.5, 0.6) is 0 Å². The van der Waals surface area contributed by atoms with Gasteiger partial charge in [0.25, 0.3) is 0 Å². The zero-order chi connectivity index (χ0) is 17.1. The van der Waals surface area contributed by atoms with Crippen LogP contribution in [0.15, 0.2) is 0 Å². The number of nitrogens with zero attached hydrogens (tertiary/aromatic N) is 2. The summed E-state index contributed by atoms with van der Waals surface area (Å²) >= 11 is 0. The quantitative estimate of drug-likeness (QED) is 0.780. The molecule has 124 valence electrons. The molecule has 1 fully saturated rings. The lowest BCUT2D eigenvalue weighted by Crippen LogP contribution is -2.59. The van der Waals surface area contributed by atoms with Gasteiger partial charge < -0.3 is 10.2 Å². The topological polar surface area (TPSA) is 73.2 Å². The molecule has 1 aliphatic heterocycles. The number of carbonyl (C=O) groups is 2. The Morgan fingerprint density at radius 1 is 1.18 bits per heavy atom. The van der Waals surface area contributed by atoms with Gasteiger partial charge in [0.1, 0.15) is 12.5 Å². The van der Waals surface area contributed by atoms with Crippen LogP contribution in [0.25, 0.3) is 0 Å². The van der Waals surface area contributed by atoms with Crippen LogP contribution in [0.2, 0.25) is 0 Å². The van der Waals surface area contributed by atoms with E-state index in [1.165, 1.54) is 6.07 Å². The summed E-state index contributed by atoms with van der Waals surface area (Å²) in [6.07, 6.45) is -11.8. The molecule has 1 heterocycles. The van der Waals surface area contributed by atoms with Crippen molar-refractivity contribution >= 4 is 11.8 Å². The van der Waals surface area contributed by atoms with E-state index in [0.29, 0.717) is 4.90 Å². The third kappa shape index (κ3) is 4.51. The average molecular weight is 331 g/mol. The third-order valence-electron chi connectivity index (χ3n) is 3.10. The van der Waals surface area contributed by atoms with Crippen molar-refractivity contribution in [3.63, 3.8) is 0 Å². The first-order chi connectivity index (χ1) is 9.96. The summed E-state index contributed by atoms with van der Waals surface area (Å²) in [5, 5.41) is 9.93. The molecule has 22 heavy (non-hydrogen) atoms. The summed E-state index contributed by atoms with van der Waals surface area (Å²) in [5.74, 6) is -3.42. The minimum Gasteiger partial charge on any atom is -0.344 e. The molecule has 0 aromatic heterocycles. The van der Waals surface area contributed by atoms with Gasteiger partial charge in [0, 0.05) is 12.6 Å². The highest BCUT2D eigenvalue weighted by atomic mass is 19.4. The second-order valence-corrected chi connectivity index (χ2v) is 4.68. The number of carbonyl (C=O) groups excluding carboxylic acids is 2. The Bertz CT molecular complexity index is 482. The Balaban J connectivity index is 2.85. The number of halogens is 6. The van der Waals surface area contributed by atoms with Crippen molar-refractivity contribution in [3.8, 4) is 6.07 Å². The molecule has 0 spiro atoms. The summed E-state index contributed by atoms with van der Waals surface area (Å²) in [7, 11) is 0.